The topological polar surface area (TPSA) is 43.8 Å². The quantitative estimate of drug-likeness (QED) is 0.364. The second kappa shape index (κ2) is 11.8. The number of piperazine rings is 1. The molecule has 1 heterocycles. The van der Waals surface area contributed by atoms with Crippen LogP contribution in [-0.2, 0) is 11.0 Å². The summed E-state index contributed by atoms with van der Waals surface area (Å²) in [7, 11) is -1.29. The van der Waals surface area contributed by atoms with Gasteiger partial charge in [-0.1, -0.05) is 121 Å². The lowest BCUT2D eigenvalue weighted by Gasteiger charge is -2.45. The summed E-state index contributed by atoms with van der Waals surface area (Å²) >= 11 is 0. The van der Waals surface area contributed by atoms with Gasteiger partial charge in [-0.05, 0) is 22.3 Å². The van der Waals surface area contributed by atoms with Crippen molar-refractivity contribution in [3.63, 3.8) is 0 Å². The minimum atomic E-state index is -1.29. The lowest BCUT2D eigenvalue weighted by Crippen LogP contribution is -2.56. The molecule has 1 aliphatic heterocycles. The maximum Gasteiger partial charge on any atom is 0.107 e. The van der Waals surface area contributed by atoms with E-state index in [0.717, 1.165) is 11.1 Å². The second-order valence-electron chi connectivity index (χ2n) is 9.16. The Morgan fingerprint density at radius 2 is 1.08 bits per heavy atom. The smallest absolute Gasteiger partial charge is 0.107 e. The maximum absolute atomic E-state index is 14.1. The average molecular weight is 497 g/mol. The Labute approximate surface area is 216 Å². The van der Waals surface area contributed by atoms with Crippen molar-refractivity contribution in [2.45, 2.75) is 17.3 Å². The summed E-state index contributed by atoms with van der Waals surface area (Å²) in [6.07, 6.45) is 0. The predicted molar refractivity (Wildman–Crippen MR) is 147 cm³/mol. The normalized spacial score (nSPS) is 17.9. The van der Waals surface area contributed by atoms with Crippen LogP contribution in [0, 0.1) is 0 Å². The van der Waals surface area contributed by atoms with Crippen LogP contribution in [0.4, 0.5) is 0 Å². The molecule has 0 bridgehead atoms. The zero-order valence-corrected chi connectivity index (χ0v) is 21.1. The molecule has 5 heteroatoms. The highest BCUT2D eigenvalue weighted by atomic mass is 32.2. The molecule has 4 aromatic rings. The molecule has 2 atom stereocenters. The third kappa shape index (κ3) is 5.35. The van der Waals surface area contributed by atoms with Gasteiger partial charge >= 0.3 is 0 Å². The Morgan fingerprint density at radius 3 is 1.50 bits per heavy atom. The Bertz CT molecular complexity index is 1160. The third-order valence-corrected chi connectivity index (χ3v) is 8.71. The molecule has 0 amide bonds. The molecule has 1 N–H and O–H groups in total. The molecule has 0 radical (unpaired) electrons. The van der Waals surface area contributed by atoms with E-state index < -0.39 is 11.0 Å². The first-order valence-electron chi connectivity index (χ1n) is 12.5. The molecule has 0 spiro atoms. The highest BCUT2D eigenvalue weighted by molar-refractivity contribution is 7.83. The first-order chi connectivity index (χ1) is 17.8. The Balaban J connectivity index is 1.43. The molecule has 0 saturated carbocycles. The molecular formula is C31H32N2O2S. The minimum absolute atomic E-state index is 0.00517. The van der Waals surface area contributed by atoms with Crippen molar-refractivity contribution in [1.82, 2.24) is 9.21 Å². The number of aliphatic hydroxyl groups excluding tert-OH is 1. The summed E-state index contributed by atoms with van der Waals surface area (Å²) in [5.41, 5.74) is 4.47. The number of benzene rings is 4. The lowest BCUT2D eigenvalue weighted by atomic mass is 9.95. The van der Waals surface area contributed by atoms with Crippen LogP contribution in [0.15, 0.2) is 121 Å². The number of hydrogen-bond donors (Lipinski definition) is 1. The molecule has 1 saturated heterocycles. The van der Waals surface area contributed by atoms with Gasteiger partial charge in [0.15, 0.2) is 0 Å². The van der Waals surface area contributed by atoms with Crippen LogP contribution >= 0.6 is 0 Å². The highest BCUT2D eigenvalue weighted by Crippen LogP contribution is 2.35. The average Bonchev–Trinajstić information content (AvgIpc) is 2.96. The molecule has 1 fully saturated rings. The molecule has 2 unspecified atom stereocenters. The van der Waals surface area contributed by atoms with E-state index in [-0.39, 0.29) is 23.9 Å². The predicted octanol–water partition coefficient (Wildman–Crippen LogP) is 5.21. The van der Waals surface area contributed by atoms with Gasteiger partial charge in [0.1, 0.15) is 11.0 Å². The first kappa shape index (κ1) is 24.6. The third-order valence-electron chi connectivity index (χ3n) is 6.92. The van der Waals surface area contributed by atoms with Gasteiger partial charge in [-0.15, -0.1) is 0 Å². The molecular weight excluding hydrogens is 464 g/mol. The fourth-order valence-electron chi connectivity index (χ4n) is 5.18. The largest absolute Gasteiger partial charge is 0.395 e. The van der Waals surface area contributed by atoms with Crippen molar-refractivity contribution < 1.29 is 9.32 Å². The van der Waals surface area contributed by atoms with E-state index >= 15 is 0 Å². The highest BCUT2D eigenvalue weighted by Gasteiger charge is 2.37. The van der Waals surface area contributed by atoms with E-state index in [9.17, 15) is 9.32 Å². The van der Waals surface area contributed by atoms with Gasteiger partial charge < -0.3 is 5.11 Å². The van der Waals surface area contributed by atoms with Crippen molar-refractivity contribution in [3.8, 4) is 0 Å². The van der Waals surface area contributed by atoms with Crippen molar-refractivity contribution >= 4 is 11.0 Å². The lowest BCUT2D eigenvalue weighted by molar-refractivity contribution is 0.0503. The standard InChI is InChI=1S/C31H32N2O2S/c34-24-29-23-32(36(35)31(27-17-9-3-10-18-27)28-19-11-4-12-20-28)21-22-33(29)30(25-13-5-1-6-14-25)26-15-7-2-8-16-26/h1-20,29-31,34H,21-24H2. The molecule has 0 aliphatic carbocycles. The Kier molecular flexibility index (Phi) is 8.04. The zero-order valence-electron chi connectivity index (χ0n) is 20.3. The van der Waals surface area contributed by atoms with Gasteiger partial charge in [0.05, 0.1) is 17.9 Å². The zero-order chi connectivity index (χ0) is 24.7. The van der Waals surface area contributed by atoms with Gasteiger partial charge in [0.2, 0.25) is 0 Å². The number of nitrogens with zero attached hydrogens (tertiary/aromatic N) is 2. The number of aliphatic hydroxyl groups is 1. The minimum Gasteiger partial charge on any atom is -0.395 e. The van der Waals surface area contributed by atoms with Crippen molar-refractivity contribution in [1.29, 1.82) is 0 Å². The summed E-state index contributed by atoms with van der Waals surface area (Å²) in [5, 5.41) is 10.3. The molecule has 5 rings (SSSR count). The van der Waals surface area contributed by atoms with Crippen LogP contribution in [0.25, 0.3) is 0 Å². The molecule has 36 heavy (non-hydrogen) atoms. The molecule has 184 valence electrons. The van der Waals surface area contributed by atoms with E-state index in [4.69, 9.17) is 0 Å². The van der Waals surface area contributed by atoms with E-state index in [1.54, 1.807) is 0 Å². The Morgan fingerprint density at radius 1 is 0.667 bits per heavy atom. The van der Waals surface area contributed by atoms with Gasteiger partial charge in [0, 0.05) is 25.7 Å². The van der Waals surface area contributed by atoms with Crippen LogP contribution in [0.5, 0.6) is 0 Å². The molecule has 0 aromatic heterocycles. The monoisotopic (exact) mass is 496 g/mol. The molecule has 4 nitrogen and oxygen atoms in total. The fourth-order valence-corrected chi connectivity index (χ4v) is 6.84. The SMILES string of the molecule is O=S(C(c1ccccc1)c1ccccc1)N1CCN(C(c2ccccc2)c2ccccc2)C(CO)C1. The van der Waals surface area contributed by atoms with Crippen LogP contribution in [0.2, 0.25) is 0 Å². The van der Waals surface area contributed by atoms with E-state index in [1.165, 1.54) is 11.1 Å². The van der Waals surface area contributed by atoms with Crippen molar-refractivity contribution in [2.24, 2.45) is 0 Å². The second-order valence-corrected chi connectivity index (χ2v) is 10.7. The van der Waals surface area contributed by atoms with Crippen molar-refractivity contribution in [3.05, 3.63) is 144 Å². The van der Waals surface area contributed by atoms with Crippen LogP contribution < -0.4 is 0 Å². The fraction of sp³-hybridized carbons (Fsp3) is 0.226. The van der Waals surface area contributed by atoms with E-state index in [0.29, 0.717) is 19.6 Å². The first-order valence-corrected chi connectivity index (χ1v) is 13.7. The van der Waals surface area contributed by atoms with Crippen LogP contribution in [0.3, 0.4) is 0 Å². The van der Waals surface area contributed by atoms with Crippen molar-refractivity contribution in [2.75, 3.05) is 26.2 Å². The molecule has 4 aromatic carbocycles. The summed E-state index contributed by atoms with van der Waals surface area (Å²) in [4.78, 5) is 2.37. The van der Waals surface area contributed by atoms with E-state index in [1.807, 2.05) is 48.5 Å². The van der Waals surface area contributed by atoms with Gasteiger partial charge in [-0.2, -0.15) is 0 Å². The number of rotatable bonds is 8. The van der Waals surface area contributed by atoms with Gasteiger partial charge in [0.25, 0.3) is 0 Å². The van der Waals surface area contributed by atoms with Crippen LogP contribution in [0.1, 0.15) is 33.5 Å². The van der Waals surface area contributed by atoms with Gasteiger partial charge in [-0.3, -0.25) is 4.90 Å². The summed E-state index contributed by atoms with van der Waals surface area (Å²) in [6.45, 7) is 1.91. The van der Waals surface area contributed by atoms with Crippen LogP contribution in [-0.4, -0.2) is 50.8 Å². The summed E-state index contributed by atoms with van der Waals surface area (Å²) < 4.78 is 16.2. The number of hydrogen-bond acceptors (Lipinski definition) is 3. The summed E-state index contributed by atoms with van der Waals surface area (Å²) in [5.74, 6) is 0. The summed E-state index contributed by atoms with van der Waals surface area (Å²) in [6, 6.07) is 41.0. The maximum atomic E-state index is 14.1. The Hall–Kier alpha value is -3.09. The van der Waals surface area contributed by atoms with Gasteiger partial charge in [-0.25, -0.2) is 8.51 Å². The van der Waals surface area contributed by atoms with E-state index in [2.05, 4.69) is 82.0 Å². The molecule has 1 aliphatic rings.